The number of nitrogens with zero attached hydrogens (tertiary/aromatic N) is 1. The van der Waals surface area contributed by atoms with Gasteiger partial charge < -0.3 is 10.6 Å². The first kappa shape index (κ1) is 13.2. The molecule has 94 valence electrons. The molecule has 0 radical (unpaired) electrons. The monoisotopic (exact) mass is 314 g/mol. The second-order valence-corrected chi connectivity index (χ2v) is 7.67. The highest BCUT2D eigenvalue weighted by Gasteiger charge is 2.27. The molecule has 0 aromatic heterocycles. The maximum Gasteiger partial charge on any atom is 0.0378 e. The van der Waals surface area contributed by atoms with Gasteiger partial charge >= 0.3 is 0 Å². The first-order chi connectivity index (χ1) is 8.02. The Labute approximate surface area is 116 Å². The Morgan fingerprint density at radius 2 is 2.24 bits per heavy atom. The summed E-state index contributed by atoms with van der Waals surface area (Å²) in [6, 6.07) is 6.49. The molecule has 4 heteroatoms. The fourth-order valence-corrected chi connectivity index (χ4v) is 3.78. The van der Waals surface area contributed by atoms with Crippen molar-refractivity contribution in [2.45, 2.75) is 25.1 Å². The van der Waals surface area contributed by atoms with Gasteiger partial charge in [0.05, 0.1) is 0 Å². The highest BCUT2D eigenvalue weighted by Crippen LogP contribution is 2.33. The van der Waals surface area contributed by atoms with Crippen LogP contribution in [-0.4, -0.2) is 23.6 Å². The number of halogens is 1. The Balaban J connectivity index is 2.19. The molecule has 0 unspecified atom stereocenters. The molecule has 1 aromatic carbocycles. The van der Waals surface area contributed by atoms with Crippen LogP contribution in [0.5, 0.6) is 0 Å². The number of hydrogen-bond acceptors (Lipinski definition) is 3. The minimum atomic E-state index is 0.345. The maximum atomic E-state index is 5.68. The molecule has 0 saturated carbocycles. The first-order valence-electron chi connectivity index (χ1n) is 5.89. The summed E-state index contributed by atoms with van der Waals surface area (Å²) in [5.74, 6) is 1.20. The maximum absolute atomic E-state index is 5.68. The van der Waals surface area contributed by atoms with Gasteiger partial charge in [-0.05, 0) is 31.5 Å². The third kappa shape index (κ3) is 3.18. The van der Waals surface area contributed by atoms with Crippen molar-refractivity contribution in [3.63, 3.8) is 0 Å². The number of anilines is 1. The predicted octanol–water partition coefficient (Wildman–Crippen LogP) is 3.24. The Morgan fingerprint density at radius 1 is 1.47 bits per heavy atom. The van der Waals surface area contributed by atoms with E-state index >= 15 is 0 Å². The third-order valence-electron chi connectivity index (χ3n) is 3.05. The fourth-order valence-electron chi connectivity index (χ4n) is 2.14. The number of rotatable bonds is 2. The van der Waals surface area contributed by atoms with Gasteiger partial charge in [0, 0.05) is 40.3 Å². The molecule has 0 amide bonds. The van der Waals surface area contributed by atoms with Gasteiger partial charge in [-0.3, -0.25) is 0 Å². The molecule has 1 aromatic rings. The summed E-state index contributed by atoms with van der Waals surface area (Å²) in [7, 11) is 0. The van der Waals surface area contributed by atoms with Crippen LogP contribution in [0.4, 0.5) is 5.69 Å². The molecule has 1 fully saturated rings. The Hall–Kier alpha value is -0.190. The average Bonchev–Trinajstić information content (AvgIpc) is 2.27. The van der Waals surface area contributed by atoms with Crippen molar-refractivity contribution in [2.24, 2.45) is 5.73 Å². The van der Waals surface area contributed by atoms with Crippen LogP contribution in [0.1, 0.15) is 19.4 Å². The molecule has 2 rings (SSSR count). The quantitative estimate of drug-likeness (QED) is 0.908. The molecule has 2 nitrogen and oxygen atoms in total. The molecule has 0 aliphatic carbocycles. The highest BCUT2D eigenvalue weighted by atomic mass is 79.9. The molecule has 1 saturated heterocycles. The number of benzene rings is 1. The highest BCUT2D eigenvalue weighted by molar-refractivity contribution is 9.10. The molecule has 2 N–H and O–H groups in total. The van der Waals surface area contributed by atoms with Crippen LogP contribution in [0.3, 0.4) is 0 Å². The van der Waals surface area contributed by atoms with Crippen molar-refractivity contribution in [1.29, 1.82) is 0 Å². The van der Waals surface area contributed by atoms with Crippen molar-refractivity contribution in [3.8, 4) is 0 Å². The number of hydrogen-bond donors (Lipinski definition) is 1. The van der Waals surface area contributed by atoms with Crippen LogP contribution in [0, 0.1) is 0 Å². The van der Waals surface area contributed by atoms with E-state index in [2.05, 4.69) is 64.6 Å². The lowest BCUT2D eigenvalue weighted by atomic mass is 10.1. The molecule has 17 heavy (non-hydrogen) atoms. The van der Waals surface area contributed by atoms with E-state index < -0.39 is 0 Å². The van der Waals surface area contributed by atoms with Crippen LogP contribution < -0.4 is 10.6 Å². The Morgan fingerprint density at radius 3 is 2.82 bits per heavy atom. The van der Waals surface area contributed by atoms with Crippen molar-refractivity contribution < 1.29 is 0 Å². The second-order valence-electron chi connectivity index (χ2n) is 5.01. The molecule has 1 aliphatic rings. The number of nitrogens with two attached hydrogens (primary N) is 1. The van der Waals surface area contributed by atoms with Gasteiger partial charge in [0.25, 0.3) is 0 Å². The van der Waals surface area contributed by atoms with Crippen LogP contribution in [0.2, 0.25) is 0 Å². The summed E-state index contributed by atoms with van der Waals surface area (Å²) < 4.78 is 1.46. The fraction of sp³-hybridized carbons (Fsp3) is 0.538. The zero-order chi connectivity index (χ0) is 12.5. The minimum absolute atomic E-state index is 0.345. The van der Waals surface area contributed by atoms with Gasteiger partial charge in [0.2, 0.25) is 0 Å². The summed E-state index contributed by atoms with van der Waals surface area (Å²) in [6.45, 7) is 7.44. The predicted molar refractivity (Wildman–Crippen MR) is 80.8 cm³/mol. The summed E-state index contributed by atoms with van der Waals surface area (Å²) in [6.07, 6.45) is 0. The lowest BCUT2D eigenvalue weighted by Crippen LogP contribution is -2.43. The minimum Gasteiger partial charge on any atom is -0.369 e. The largest absolute Gasteiger partial charge is 0.369 e. The normalized spacial score (nSPS) is 19.4. The smallest absolute Gasteiger partial charge is 0.0378 e. The van der Waals surface area contributed by atoms with E-state index in [9.17, 15) is 0 Å². The van der Waals surface area contributed by atoms with Gasteiger partial charge in [0.1, 0.15) is 0 Å². The third-order valence-corrected chi connectivity index (χ3v) is 5.08. The van der Waals surface area contributed by atoms with E-state index in [0.29, 0.717) is 11.3 Å². The summed E-state index contributed by atoms with van der Waals surface area (Å²) >= 11 is 5.65. The first-order valence-corrected chi connectivity index (χ1v) is 7.67. The van der Waals surface area contributed by atoms with Gasteiger partial charge in [-0.25, -0.2) is 0 Å². The van der Waals surface area contributed by atoms with E-state index in [1.165, 1.54) is 17.0 Å². The van der Waals surface area contributed by atoms with Crippen LogP contribution in [-0.2, 0) is 6.54 Å². The van der Waals surface area contributed by atoms with Crippen molar-refractivity contribution >= 4 is 33.4 Å². The van der Waals surface area contributed by atoms with Crippen molar-refractivity contribution in [2.75, 3.05) is 23.7 Å². The van der Waals surface area contributed by atoms with E-state index in [-0.39, 0.29) is 0 Å². The van der Waals surface area contributed by atoms with Gasteiger partial charge in [-0.2, -0.15) is 11.8 Å². The van der Waals surface area contributed by atoms with E-state index in [0.717, 1.165) is 17.6 Å². The lowest BCUT2D eigenvalue weighted by Gasteiger charge is -2.39. The van der Waals surface area contributed by atoms with Crippen molar-refractivity contribution in [1.82, 2.24) is 0 Å². The van der Waals surface area contributed by atoms with Gasteiger partial charge in [0.15, 0.2) is 0 Å². The zero-order valence-corrected chi connectivity index (χ0v) is 12.8. The van der Waals surface area contributed by atoms with Crippen molar-refractivity contribution in [3.05, 3.63) is 28.2 Å². The topological polar surface area (TPSA) is 29.3 Å². The number of thioether (sulfide) groups is 1. The SMILES string of the molecule is CC1(C)CN(c2ccc(CN)c(Br)c2)CCS1. The lowest BCUT2D eigenvalue weighted by molar-refractivity contribution is 0.647. The molecule has 0 atom stereocenters. The standard InChI is InChI=1S/C13H19BrN2S/c1-13(2)9-16(5-6-17-13)11-4-3-10(8-15)12(14)7-11/h3-4,7H,5-6,8-9,15H2,1-2H3. The molecule has 0 bridgehead atoms. The molecule has 1 heterocycles. The Kier molecular flexibility index (Phi) is 4.06. The van der Waals surface area contributed by atoms with Crippen LogP contribution >= 0.6 is 27.7 Å². The van der Waals surface area contributed by atoms with E-state index in [1.807, 2.05) is 0 Å². The molecule has 0 spiro atoms. The van der Waals surface area contributed by atoms with E-state index in [1.54, 1.807) is 0 Å². The summed E-state index contributed by atoms with van der Waals surface area (Å²) in [4.78, 5) is 2.46. The summed E-state index contributed by atoms with van der Waals surface area (Å²) in [5.41, 5.74) is 8.14. The Bertz CT molecular complexity index is 406. The molecule has 1 aliphatic heterocycles. The molecular formula is C13H19BrN2S. The zero-order valence-electron chi connectivity index (χ0n) is 10.4. The van der Waals surface area contributed by atoms with Gasteiger partial charge in [-0.15, -0.1) is 0 Å². The van der Waals surface area contributed by atoms with Crippen LogP contribution in [0.15, 0.2) is 22.7 Å². The molecular weight excluding hydrogens is 296 g/mol. The van der Waals surface area contributed by atoms with Crippen LogP contribution in [0.25, 0.3) is 0 Å². The second kappa shape index (κ2) is 5.21. The van der Waals surface area contributed by atoms with E-state index in [4.69, 9.17) is 5.73 Å². The van der Waals surface area contributed by atoms with Gasteiger partial charge in [-0.1, -0.05) is 22.0 Å². The summed E-state index contributed by atoms with van der Waals surface area (Å²) in [5, 5.41) is 0. The average molecular weight is 315 g/mol.